The van der Waals surface area contributed by atoms with Gasteiger partial charge < -0.3 is 5.73 Å². The van der Waals surface area contributed by atoms with Crippen molar-refractivity contribution in [2.24, 2.45) is 0 Å². The van der Waals surface area contributed by atoms with Gasteiger partial charge in [-0.2, -0.15) is 0 Å². The number of nitrogens with two attached hydrogens (primary N) is 1. The van der Waals surface area contributed by atoms with Crippen molar-refractivity contribution < 1.29 is 8.42 Å². The standard InChI is InChI=1S/C16H14N2O2S/c1-21(19,20)12-7-5-11(6-8-12)13-3-2-4-14-15(17)9-10-18-16(13)14/h2-10H,1H3,(H2,17,18). The lowest BCUT2D eigenvalue weighted by Gasteiger charge is -2.08. The van der Waals surface area contributed by atoms with Gasteiger partial charge in [-0.3, -0.25) is 4.98 Å². The highest BCUT2D eigenvalue weighted by Crippen LogP contribution is 2.30. The van der Waals surface area contributed by atoms with E-state index in [4.69, 9.17) is 5.73 Å². The van der Waals surface area contributed by atoms with Gasteiger partial charge in [0.1, 0.15) is 0 Å². The number of rotatable bonds is 2. The second-order valence-electron chi connectivity index (χ2n) is 4.90. The SMILES string of the molecule is CS(=O)(=O)c1ccc(-c2cccc3c(N)ccnc23)cc1. The summed E-state index contributed by atoms with van der Waals surface area (Å²) in [6, 6.07) is 14.3. The number of nitrogen functional groups attached to an aromatic ring is 1. The highest BCUT2D eigenvalue weighted by atomic mass is 32.2. The van der Waals surface area contributed by atoms with E-state index < -0.39 is 9.84 Å². The second-order valence-corrected chi connectivity index (χ2v) is 6.91. The van der Waals surface area contributed by atoms with Crippen molar-refractivity contribution in [3.63, 3.8) is 0 Å². The Hall–Kier alpha value is -2.40. The summed E-state index contributed by atoms with van der Waals surface area (Å²) in [6.07, 6.45) is 2.87. The fraction of sp³-hybridized carbons (Fsp3) is 0.0625. The lowest BCUT2D eigenvalue weighted by atomic mass is 10.0. The van der Waals surface area contributed by atoms with Crippen LogP contribution in [0.1, 0.15) is 0 Å². The zero-order valence-corrected chi connectivity index (χ0v) is 12.3. The third kappa shape index (κ3) is 2.48. The zero-order chi connectivity index (χ0) is 15.0. The number of pyridine rings is 1. The Kier molecular flexibility index (Phi) is 3.14. The predicted molar refractivity (Wildman–Crippen MR) is 84.7 cm³/mol. The molecule has 0 saturated heterocycles. The van der Waals surface area contributed by atoms with Gasteiger partial charge in [-0.25, -0.2) is 8.42 Å². The van der Waals surface area contributed by atoms with Gasteiger partial charge in [0, 0.05) is 29.1 Å². The highest BCUT2D eigenvalue weighted by Gasteiger charge is 2.09. The van der Waals surface area contributed by atoms with E-state index in [2.05, 4.69) is 4.98 Å². The van der Waals surface area contributed by atoms with Crippen molar-refractivity contribution in [1.82, 2.24) is 4.98 Å². The van der Waals surface area contributed by atoms with Gasteiger partial charge in [0.15, 0.2) is 9.84 Å². The summed E-state index contributed by atoms with van der Waals surface area (Å²) < 4.78 is 23.0. The first-order valence-electron chi connectivity index (χ1n) is 6.40. The minimum absolute atomic E-state index is 0.305. The first-order chi connectivity index (χ1) is 9.97. The molecule has 0 aliphatic rings. The molecular formula is C16H14N2O2S. The summed E-state index contributed by atoms with van der Waals surface area (Å²) in [7, 11) is -3.19. The number of hydrogen-bond donors (Lipinski definition) is 1. The topological polar surface area (TPSA) is 73.0 Å². The zero-order valence-electron chi connectivity index (χ0n) is 11.4. The van der Waals surface area contributed by atoms with E-state index >= 15 is 0 Å². The third-order valence-electron chi connectivity index (χ3n) is 3.40. The van der Waals surface area contributed by atoms with Crippen molar-refractivity contribution in [3.05, 3.63) is 54.7 Å². The maximum atomic E-state index is 11.5. The Bertz CT molecular complexity index is 917. The smallest absolute Gasteiger partial charge is 0.175 e. The van der Waals surface area contributed by atoms with Gasteiger partial charge in [0.2, 0.25) is 0 Å². The summed E-state index contributed by atoms with van der Waals surface area (Å²) in [5, 5.41) is 0.891. The number of para-hydroxylation sites is 1. The fourth-order valence-electron chi connectivity index (χ4n) is 2.31. The van der Waals surface area contributed by atoms with Crippen LogP contribution in [0.25, 0.3) is 22.0 Å². The lowest BCUT2D eigenvalue weighted by molar-refractivity contribution is 0.602. The quantitative estimate of drug-likeness (QED) is 0.789. The molecular weight excluding hydrogens is 284 g/mol. The summed E-state index contributed by atoms with van der Waals surface area (Å²) in [5.74, 6) is 0. The number of hydrogen-bond acceptors (Lipinski definition) is 4. The molecule has 3 rings (SSSR count). The monoisotopic (exact) mass is 298 g/mol. The average molecular weight is 298 g/mol. The molecule has 0 aliphatic carbocycles. The minimum atomic E-state index is -3.19. The van der Waals surface area contributed by atoms with Crippen LogP contribution in [0.3, 0.4) is 0 Å². The van der Waals surface area contributed by atoms with Gasteiger partial charge in [-0.15, -0.1) is 0 Å². The van der Waals surface area contributed by atoms with E-state index in [0.717, 1.165) is 22.0 Å². The summed E-state index contributed by atoms with van der Waals surface area (Å²) in [5.41, 5.74) is 9.29. The van der Waals surface area contributed by atoms with Crippen LogP contribution >= 0.6 is 0 Å². The summed E-state index contributed by atoms with van der Waals surface area (Å²) in [4.78, 5) is 4.70. The second kappa shape index (κ2) is 4.86. The maximum Gasteiger partial charge on any atom is 0.175 e. The summed E-state index contributed by atoms with van der Waals surface area (Å²) in [6.45, 7) is 0. The van der Waals surface area contributed by atoms with Gasteiger partial charge in [-0.05, 0) is 23.8 Å². The van der Waals surface area contributed by atoms with Crippen molar-refractivity contribution in [2.45, 2.75) is 4.90 Å². The average Bonchev–Trinajstić information content (AvgIpc) is 2.46. The molecule has 106 valence electrons. The molecule has 2 N–H and O–H groups in total. The first kappa shape index (κ1) is 13.6. The molecule has 0 bridgehead atoms. The minimum Gasteiger partial charge on any atom is -0.398 e. The van der Waals surface area contributed by atoms with Crippen LogP contribution in [-0.4, -0.2) is 19.7 Å². The molecule has 2 aromatic carbocycles. The Morgan fingerprint density at radius 3 is 2.38 bits per heavy atom. The molecule has 1 aromatic heterocycles. The molecule has 21 heavy (non-hydrogen) atoms. The molecule has 0 fully saturated rings. The van der Waals surface area contributed by atoms with Gasteiger partial charge in [0.25, 0.3) is 0 Å². The van der Waals surface area contributed by atoms with Crippen LogP contribution in [0.5, 0.6) is 0 Å². The number of benzene rings is 2. The molecule has 0 atom stereocenters. The van der Waals surface area contributed by atoms with E-state index in [-0.39, 0.29) is 0 Å². The molecule has 0 aliphatic heterocycles. The van der Waals surface area contributed by atoms with Crippen LogP contribution in [-0.2, 0) is 9.84 Å². The number of anilines is 1. The molecule has 0 spiro atoms. The molecule has 0 unspecified atom stereocenters. The molecule has 0 amide bonds. The van der Waals surface area contributed by atoms with Crippen molar-refractivity contribution in [1.29, 1.82) is 0 Å². The van der Waals surface area contributed by atoms with Crippen molar-refractivity contribution in [2.75, 3.05) is 12.0 Å². The molecule has 3 aromatic rings. The summed E-state index contributed by atoms with van der Waals surface area (Å²) >= 11 is 0. The van der Waals surface area contributed by atoms with E-state index in [1.165, 1.54) is 6.26 Å². The van der Waals surface area contributed by atoms with Gasteiger partial charge in [-0.1, -0.05) is 30.3 Å². The molecule has 5 heteroatoms. The van der Waals surface area contributed by atoms with Crippen LogP contribution in [0.4, 0.5) is 5.69 Å². The van der Waals surface area contributed by atoms with Gasteiger partial charge in [0.05, 0.1) is 10.4 Å². The molecule has 1 heterocycles. The number of sulfone groups is 1. The fourth-order valence-corrected chi connectivity index (χ4v) is 2.94. The van der Waals surface area contributed by atoms with Gasteiger partial charge >= 0.3 is 0 Å². The normalized spacial score (nSPS) is 11.7. The largest absolute Gasteiger partial charge is 0.398 e. The van der Waals surface area contributed by atoms with Crippen molar-refractivity contribution >= 4 is 26.4 Å². The van der Waals surface area contributed by atoms with E-state index in [1.807, 2.05) is 18.2 Å². The molecule has 4 nitrogen and oxygen atoms in total. The first-order valence-corrected chi connectivity index (χ1v) is 8.29. The predicted octanol–water partition coefficient (Wildman–Crippen LogP) is 2.89. The Morgan fingerprint density at radius 2 is 1.71 bits per heavy atom. The van der Waals surface area contributed by atoms with Crippen LogP contribution < -0.4 is 5.73 Å². The third-order valence-corrected chi connectivity index (χ3v) is 4.53. The molecule has 0 saturated carbocycles. The Balaban J connectivity index is 2.19. The van der Waals surface area contributed by atoms with Crippen LogP contribution in [0, 0.1) is 0 Å². The number of nitrogens with zero attached hydrogens (tertiary/aromatic N) is 1. The molecule has 0 radical (unpaired) electrons. The Morgan fingerprint density at radius 1 is 1.00 bits per heavy atom. The van der Waals surface area contributed by atoms with E-state index in [1.54, 1.807) is 36.5 Å². The lowest BCUT2D eigenvalue weighted by Crippen LogP contribution is -1.96. The van der Waals surface area contributed by atoms with Crippen molar-refractivity contribution in [3.8, 4) is 11.1 Å². The van der Waals surface area contributed by atoms with E-state index in [9.17, 15) is 8.42 Å². The van der Waals surface area contributed by atoms with Crippen LogP contribution in [0.15, 0.2) is 59.6 Å². The number of fused-ring (bicyclic) bond motifs is 1. The maximum absolute atomic E-state index is 11.5. The van der Waals surface area contributed by atoms with E-state index in [0.29, 0.717) is 10.6 Å². The highest BCUT2D eigenvalue weighted by molar-refractivity contribution is 7.90. The Labute approximate surface area is 123 Å². The van der Waals surface area contributed by atoms with Crippen LogP contribution in [0.2, 0.25) is 0 Å². The number of aromatic nitrogens is 1.